The van der Waals surface area contributed by atoms with Crippen molar-refractivity contribution in [3.63, 3.8) is 0 Å². The van der Waals surface area contributed by atoms with Crippen LogP contribution in [0.25, 0.3) is 6.08 Å². The Bertz CT molecular complexity index is 769. The normalized spacial score (nSPS) is 10.8. The van der Waals surface area contributed by atoms with Crippen LogP contribution in [0.3, 0.4) is 0 Å². The second-order valence-electron chi connectivity index (χ2n) is 5.54. The van der Waals surface area contributed by atoms with Gasteiger partial charge in [0.2, 0.25) is 5.91 Å². The van der Waals surface area contributed by atoms with Crippen LogP contribution in [0.2, 0.25) is 0 Å². The van der Waals surface area contributed by atoms with Gasteiger partial charge in [0.15, 0.2) is 0 Å². The lowest BCUT2D eigenvalue weighted by atomic mass is 10.2. The highest BCUT2D eigenvalue weighted by Crippen LogP contribution is 2.17. The van der Waals surface area contributed by atoms with E-state index in [4.69, 9.17) is 14.2 Å². The van der Waals surface area contributed by atoms with Gasteiger partial charge in [-0.2, -0.15) is 0 Å². The van der Waals surface area contributed by atoms with Crippen LogP contribution >= 0.6 is 0 Å². The number of nitrogens with one attached hydrogen (secondary N) is 1. The van der Waals surface area contributed by atoms with E-state index in [1.807, 2.05) is 49.4 Å². The maximum Gasteiger partial charge on any atom is 0.354 e. The van der Waals surface area contributed by atoms with E-state index in [1.54, 1.807) is 18.2 Å². The summed E-state index contributed by atoms with van der Waals surface area (Å²) >= 11 is 0. The van der Waals surface area contributed by atoms with E-state index < -0.39 is 5.97 Å². The van der Waals surface area contributed by atoms with Crippen LogP contribution in [0, 0.1) is 0 Å². The minimum atomic E-state index is -0.621. The summed E-state index contributed by atoms with van der Waals surface area (Å²) in [6.45, 7) is 4.10. The van der Waals surface area contributed by atoms with Crippen molar-refractivity contribution in [1.29, 1.82) is 0 Å². The Morgan fingerprint density at radius 3 is 2.15 bits per heavy atom. The molecule has 0 saturated heterocycles. The highest BCUT2D eigenvalue weighted by Gasteiger charge is 2.13. The minimum absolute atomic E-state index is 0.0533. The van der Waals surface area contributed by atoms with Crippen molar-refractivity contribution in [1.82, 2.24) is 5.32 Å². The van der Waals surface area contributed by atoms with Crippen LogP contribution in [-0.4, -0.2) is 31.7 Å². The molecule has 0 aliphatic carbocycles. The molecule has 142 valence electrons. The lowest BCUT2D eigenvalue weighted by molar-refractivity contribution is -0.141. The van der Waals surface area contributed by atoms with Crippen molar-refractivity contribution in [3.8, 4) is 11.5 Å². The molecule has 6 nitrogen and oxygen atoms in total. The predicted octanol–water partition coefficient (Wildman–Crippen LogP) is 3.18. The Labute approximate surface area is 158 Å². The topological polar surface area (TPSA) is 73.9 Å². The van der Waals surface area contributed by atoms with Crippen LogP contribution in [0.5, 0.6) is 11.5 Å². The first-order valence-electron chi connectivity index (χ1n) is 8.65. The minimum Gasteiger partial charge on any atom is -0.494 e. The Kier molecular flexibility index (Phi) is 7.91. The first-order chi connectivity index (χ1) is 13.1. The van der Waals surface area contributed by atoms with Gasteiger partial charge in [-0.15, -0.1) is 0 Å². The van der Waals surface area contributed by atoms with Gasteiger partial charge >= 0.3 is 5.97 Å². The molecule has 2 aromatic rings. The van der Waals surface area contributed by atoms with Crippen molar-refractivity contribution >= 4 is 18.0 Å². The van der Waals surface area contributed by atoms with Gasteiger partial charge in [-0.3, -0.25) is 4.79 Å². The Morgan fingerprint density at radius 2 is 1.56 bits per heavy atom. The zero-order valence-electron chi connectivity index (χ0n) is 15.4. The fourth-order valence-corrected chi connectivity index (χ4v) is 2.22. The Morgan fingerprint density at radius 1 is 0.926 bits per heavy atom. The van der Waals surface area contributed by atoms with Gasteiger partial charge in [-0.05, 0) is 42.8 Å². The molecule has 0 aromatic heterocycles. The molecule has 2 aromatic carbocycles. The quantitative estimate of drug-likeness (QED) is 0.417. The summed E-state index contributed by atoms with van der Waals surface area (Å²) in [6, 6.07) is 16.4. The number of carbonyl (C=O) groups excluding carboxylic acids is 2. The number of hydrogen-bond acceptors (Lipinski definition) is 5. The molecule has 0 fully saturated rings. The van der Waals surface area contributed by atoms with E-state index in [9.17, 15) is 9.59 Å². The van der Waals surface area contributed by atoms with E-state index in [-0.39, 0.29) is 24.8 Å². The van der Waals surface area contributed by atoms with Crippen LogP contribution in [0.4, 0.5) is 0 Å². The van der Waals surface area contributed by atoms with E-state index >= 15 is 0 Å². The summed E-state index contributed by atoms with van der Waals surface area (Å²) in [5.74, 6) is 0.447. The van der Waals surface area contributed by atoms with Crippen molar-refractivity contribution in [3.05, 3.63) is 65.9 Å². The third kappa shape index (κ3) is 7.23. The van der Waals surface area contributed by atoms with Crippen LogP contribution in [-0.2, 0) is 14.3 Å². The molecule has 2 rings (SSSR count). The molecule has 0 unspecified atom stereocenters. The molecule has 0 aliphatic heterocycles. The molecule has 27 heavy (non-hydrogen) atoms. The summed E-state index contributed by atoms with van der Waals surface area (Å²) in [4.78, 5) is 23.6. The average molecular weight is 369 g/mol. The summed E-state index contributed by atoms with van der Waals surface area (Å²) in [5.41, 5.74) is 0.860. The Hall–Kier alpha value is -3.28. The molecule has 0 radical (unpaired) electrons. The summed E-state index contributed by atoms with van der Waals surface area (Å²) < 4.78 is 16.1. The monoisotopic (exact) mass is 369 g/mol. The van der Waals surface area contributed by atoms with Gasteiger partial charge < -0.3 is 19.5 Å². The second kappa shape index (κ2) is 10.7. The largest absolute Gasteiger partial charge is 0.494 e. The van der Waals surface area contributed by atoms with Gasteiger partial charge in [0.05, 0.1) is 6.61 Å². The first-order valence-corrected chi connectivity index (χ1v) is 8.65. The van der Waals surface area contributed by atoms with Crippen molar-refractivity contribution in [2.24, 2.45) is 0 Å². The van der Waals surface area contributed by atoms with E-state index in [0.29, 0.717) is 12.4 Å². The van der Waals surface area contributed by atoms with Crippen molar-refractivity contribution < 1.29 is 23.8 Å². The van der Waals surface area contributed by atoms with Crippen molar-refractivity contribution in [2.45, 2.75) is 13.8 Å². The number of benzene rings is 2. The van der Waals surface area contributed by atoms with Crippen LogP contribution in [0.1, 0.15) is 19.4 Å². The van der Waals surface area contributed by atoms with Gasteiger partial charge in [0.25, 0.3) is 0 Å². The molecule has 0 bridgehead atoms. The first kappa shape index (κ1) is 20.0. The molecule has 1 N–H and O–H groups in total. The summed E-state index contributed by atoms with van der Waals surface area (Å²) in [7, 11) is 0. The number of carbonyl (C=O) groups is 2. The molecule has 0 spiro atoms. The standard InChI is InChI=1S/C21H23NO5/c1-3-25-18-9-11-19(12-10-18)26-13-14-27-21(24)20(22-16(2)23)15-17-7-5-4-6-8-17/h4-12,15H,3,13-14H2,1-2H3,(H,22,23)/b20-15-. The van der Waals surface area contributed by atoms with Crippen LogP contribution in [0.15, 0.2) is 60.3 Å². The fourth-order valence-electron chi connectivity index (χ4n) is 2.22. The number of hydrogen-bond donors (Lipinski definition) is 1. The van der Waals surface area contributed by atoms with Crippen LogP contribution < -0.4 is 14.8 Å². The van der Waals surface area contributed by atoms with Crippen molar-refractivity contribution in [2.75, 3.05) is 19.8 Å². The molecule has 6 heteroatoms. The number of esters is 1. The van der Waals surface area contributed by atoms with E-state index in [0.717, 1.165) is 11.3 Å². The maximum absolute atomic E-state index is 12.2. The number of rotatable bonds is 9. The summed E-state index contributed by atoms with van der Waals surface area (Å²) in [6.07, 6.45) is 1.57. The number of ether oxygens (including phenoxy) is 3. The summed E-state index contributed by atoms with van der Waals surface area (Å²) in [5, 5.41) is 2.50. The lowest BCUT2D eigenvalue weighted by Crippen LogP contribution is -2.27. The smallest absolute Gasteiger partial charge is 0.354 e. The fraction of sp³-hybridized carbons (Fsp3) is 0.238. The van der Waals surface area contributed by atoms with Gasteiger partial charge in [0, 0.05) is 6.92 Å². The Balaban J connectivity index is 1.86. The van der Waals surface area contributed by atoms with E-state index in [1.165, 1.54) is 6.92 Å². The zero-order chi connectivity index (χ0) is 19.5. The molecular weight excluding hydrogens is 346 g/mol. The van der Waals surface area contributed by atoms with Gasteiger partial charge in [-0.1, -0.05) is 30.3 Å². The molecular formula is C21H23NO5. The second-order valence-corrected chi connectivity index (χ2v) is 5.54. The third-order valence-electron chi connectivity index (χ3n) is 3.36. The average Bonchev–Trinajstić information content (AvgIpc) is 2.66. The molecule has 1 amide bonds. The van der Waals surface area contributed by atoms with Gasteiger partial charge in [-0.25, -0.2) is 4.79 Å². The SMILES string of the molecule is CCOc1ccc(OCCOC(=O)/C(=C/c2ccccc2)NC(C)=O)cc1. The van der Waals surface area contributed by atoms with Gasteiger partial charge in [0.1, 0.15) is 30.4 Å². The predicted molar refractivity (Wildman–Crippen MR) is 102 cm³/mol. The maximum atomic E-state index is 12.2. The van der Waals surface area contributed by atoms with E-state index in [2.05, 4.69) is 5.32 Å². The third-order valence-corrected chi connectivity index (χ3v) is 3.36. The molecule has 0 atom stereocenters. The highest BCUT2D eigenvalue weighted by molar-refractivity contribution is 5.97. The molecule has 0 aliphatic rings. The zero-order valence-corrected chi connectivity index (χ0v) is 15.4. The molecule has 0 saturated carbocycles. The number of amides is 1. The highest BCUT2D eigenvalue weighted by atomic mass is 16.6. The molecule has 0 heterocycles. The lowest BCUT2D eigenvalue weighted by Gasteiger charge is -2.10.